The van der Waals surface area contributed by atoms with E-state index in [4.69, 9.17) is 10.7 Å². The second-order valence-corrected chi connectivity index (χ2v) is 9.86. The minimum Gasteiger partial charge on any atom is -0.380 e. The highest BCUT2D eigenvalue weighted by Gasteiger charge is 2.23. The summed E-state index contributed by atoms with van der Waals surface area (Å²) in [4.78, 5) is 31.8. The van der Waals surface area contributed by atoms with Crippen LogP contribution in [-0.2, 0) is 11.2 Å². The third-order valence-electron chi connectivity index (χ3n) is 6.49. The number of carbonyl (C=O) groups is 1. The van der Waals surface area contributed by atoms with Gasteiger partial charge in [-0.25, -0.2) is 18.9 Å². The van der Waals surface area contributed by atoms with E-state index < -0.39 is 6.67 Å². The van der Waals surface area contributed by atoms with E-state index in [1.165, 1.54) is 0 Å². The number of likely N-dealkylation sites (N-methyl/N-ethyl adjacent to an activating group) is 1. The molecule has 0 radical (unpaired) electrons. The molecule has 0 saturated carbocycles. The highest BCUT2D eigenvalue weighted by molar-refractivity contribution is 5.78. The Balaban J connectivity index is 1.46. The molecule has 0 unspecified atom stereocenters. The van der Waals surface area contributed by atoms with Crippen LogP contribution in [-0.4, -0.2) is 99.8 Å². The van der Waals surface area contributed by atoms with Crippen LogP contribution in [0.15, 0.2) is 18.5 Å². The number of nitrogens with one attached hydrogen (secondary N) is 1. The summed E-state index contributed by atoms with van der Waals surface area (Å²) in [6.45, 7) is 6.87. The van der Waals surface area contributed by atoms with Crippen LogP contribution in [0.25, 0.3) is 5.65 Å². The summed E-state index contributed by atoms with van der Waals surface area (Å²) < 4.78 is 15.0. The zero-order valence-electron chi connectivity index (χ0n) is 22.1. The number of aromatic nitrogens is 5. The molecule has 37 heavy (non-hydrogen) atoms. The monoisotopic (exact) mass is 512 g/mol. The van der Waals surface area contributed by atoms with Gasteiger partial charge >= 0.3 is 0 Å². The number of piperazine rings is 1. The van der Waals surface area contributed by atoms with E-state index in [1.54, 1.807) is 10.7 Å². The number of hydrogen-bond acceptors (Lipinski definition) is 9. The van der Waals surface area contributed by atoms with E-state index in [0.717, 1.165) is 42.1 Å². The molecule has 1 atom stereocenters. The summed E-state index contributed by atoms with van der Waals surface area (Å²) >= 11 is 0. The first-order valence-corrected chi connectivity index (χ1v) is 12.7. The second kappa shape index (κ2) is 11.7. The predicted octanol–water partition coefficient (Wildman–Crippen LogP) is 1.76. The van der Waals surface area contributed by atoms with Crippen molar-refractivity contribution in [2.24, 2.45) is 0 Å². The first-order chi connectivity index (χ1) is 17.8. The molecule has 4 rings (SSSR count). The lowest BCUT2D eigenvalue weighted by atomic mass is 10.1. The topological polar surface area (TPSA) is 121 Å². The van der Waals surface area contributed by atoms with Gasteiger partial charge in [0.25, 0.3) is 0 Å². The Morgan fingerprint density at radius 3 is 2.62 bits per heavy atom. The molecule has 3 N–H and O–H groups in total. The maximum atomic E-state index is 13.4. The third-order valence-corrected chi connectivity index (χ3v) is 6.49. The summed E-state index contributed by atoms with van der Waals surface area (Å²) in [6, 6.07) is 1.76. The Morgan fingerprint density at radius 1 is 1.22 bits per heavy atom. The number of amides is 1. The lowest BCUT2D eigenvalue weighted by Gasteiger charge is -2.36. The Kier molecular flexibility index (Phi) is 8.37. The molecule has 0 aliphatic carbocycles. The van der Waals surface area contributed by atoms with Crippen LogP contribution in [0.2, 0.25) is 0 Å². The zero-order chi connectivity index (χ0) is 26.5. The predicted molar refractivity (Wildman–Crippen MR) is 143 cm³/mol. The van der Waals surface area contributed by atoms with Gasteiger partial charge in [-0.05, 0) is 38.6 Å². The lowest BCUT2D eigenvalue weighted by molar-refractivity contribution is -0.132. The number of hydrogen-bond donors (Lipinski definition) is 2. The fourth-order valence-corrected chi connectivity index (χ4v) is 4.65. The van der Waals surface area contributed by atoms with Crippen LogP contribution in [0.4, 0.5) is 22.0 Å². The summed E-state index contributed by atoms with van der Waals surface area (Å²) in [7, 11) is 3.81. The minimum absolute atomic E-state index is 0.158. The van der Waals surface area contributed by atoms with Gasteiger partial charge in [-0.15, -0.1) is 5.10 Å². The van der Waals surface area contributed by atoms with Crippen molar-refractivity contribution in [3.05, 3.63) is 35.3 Å². The fraction of sp³-hybridized carbons (Fsp3) is 0.560. The molecule has 1 amide bonds. The summed E-state index contributed by atoms with van der Waals surface area (Å²) in [5, 5.41) is 7.58. The van der Waals surface area contributed by atoms with E-state index in [1.807, 2.05) is 37.0 Å². The number of nitrogen functional groups attached to an aromatic ring is 1. The van der Waals surface area contributed by atoms with Crippen molar-refractivity contribution >= 4 is 29.1 Å². The van der Waals surface area contributed by atoms with Crippen LogP contribution < -0.4 is 16.0 Å². The molecule has 1 aliphatic heterocycles. The van der Waals surface area contributed by atoms with Gasteiger partial charge < -0.3 is 25.8 Å². The van der Waals surface area contributed by atoms with Crippen molar-refractivity contribution in [3.8, 4) is 0 Å². The molecule has 0 bridgehead atoms. The molecule has 1 aliphatic rings. The number of carbonyl (C=O) groups excluding carboxylic acids is 1. The number of pyridine rings is 1. The largest absolute Gasteiger partial charge is 0.380 e. The number of anilines is 3. The van der Waals surface area contributed by atoms with Crippen LogP contribution in [0.3, 0.4) is 0 Å². The Labute approximate surface area is 216 Å². The molecule has 4 heterocycles. The van der Waals surface area contributed by atoms with Gasteiger partial charge in [0.05, 0.1) is 24.5 Å². The minimum atomic E-state index is -0.509. The van der Waals surface area contributed by atoms with Gasteiger partial charge in [0.2, 0.25) is 11.9 Å². The highest BCUT2D eigenvalue weighted by atomic mass is 19.1. The number of nitrogens with zero attached hydrogens (tertiary/aromatic N) is 8. The molecule has 3 aromatic heterocycles. The molecule has 1 saturated heterocycles. The molecular weight excluding hydrogens is 475 g/mol. The molecule has 1 fully saturated rings. The van der Waals surface area contributed by atoms with E-state index in [0.29, 0.717) is 38.1 Å². The zero-order valence-corrected chi connectivity index (χ0v) is 22.1. The first-order valence-electron chi connectivity index (χ1n) is 12.7. The van der Waals surface area contributed by atoms with E-state index in [2.05, 4.69) is 38.3 Å². The number of imidazole rings is 1. The molecule has 0 aromatic carbocycles. The van der Waals surface area contributed by atoms with Crippen LogP contribution in [0, 0.1) is 6.92 Å². The number of rotatable bonds is 10. The second-order valence-electron chi connectivity index (χ2n) is 9.86. The first kappa shape index (κ1) is 26.5. The average molecular weight is 513 g/mol. The van der Waals surface area contributed by atoms with E-state index >= 15 is 0 Å². The van der Waals surface area contributed by atoms with Crippen LogP contribution in [0.5, 0.6) is 0 Å². The number of aryl methyl sites for hydroxylation is 1. The smallest absolute Gasteiger partial charge is 0.243 e. The Morgan fingerprint density at radius 2 is 1.97 bits per heavy atom. The van der Waals surface area contributed by atoms with Crippen LogP contribution >= 0.6 is 0 Å². The molecule has 11 nitrogen and oxygen atoms in total. The Hall–Kier alpha value is -3.54. The third kappa shape index (κ3) is 6.24. The molecule has 12 heteroatoms. The Bertz CT molecular complexity index is 1220. The number of fused-ring (bicyclic) bond motifs is 1. The van der Waals surface area contributed by atoms with Gasteiger partial charge in [-0.1, -0.05) is 19.4 Å². The maximum absolute atomic E-state index is 13.4. The fourth-order valence-electron chi connectivity index (χ4n) is 4.65. The van der Waals surface area contributed by atoms with Crippen molar-refractivity contribution < 1.29 is 9.18 Å². The van der Waals surface area contributed by atoms with E-state index in [9.17, 15) is 9.18 Å². The van der Waals surface area contributed by atoms with Crippen molar-refractivity contribution in [1.29, 1.82) is 0 Å². The average Bonchev–Trinajstić information content (AvgIpc) is 3.26. The van der Waals surface area contributed by atoms with Gasteiger partial charge in [0.1, 0.15) is 12.5 Å². The molecule has 3 aromatic rings. The van der Waals surface area contributed by atoms with Gasteiger partial charge in [0, 0.05) is 38.8 Å². The van der Waals surface area contributed by atoms with E-state index in [-0.39, 0.29) is 23.7 Å². The summed E-state index contributed by atoms with van der Waals surface area (Å²) in [6.07, 6.45) is 5.68. The number of halogens is 1. The maximum Gasteiger partial charge on any atom is 0.243 e. The van der Waals surface area contributed by atoms with Crippen molar-refractivity contribution in [3.63, 3.8) is 0 Å². The number of nitrogens with two attached hydrogens (primary N) is 1. The van der Waals surface area contributed by atoms with Gasteiger partial charge in [-0.2, -0.15) is 4.98 Å². The van der Waals surface area contributed by atoms with Crippen molar-refractivity contribution in [1.82, 2.24) is 34.4 Å². The molecule has 0 spiro atoms. The number of alkyl halides is 1. The normalized spacial score (nSPS) is 15.0. The van der Waals surface area contributed by atoms with Crippen molar-refractivity contribution in [2.75, 3.05) is 69.4 Å². The van der Waals surface area contributed by atoms with Gasteiger partial charge in [0.15, 0.2) is 11.5 Å². The van der Waals surface area contributed by atoms with Crippen molar-refractivity contribution in [2.45, 2.75) is 39.2 Å². The summed E-state index contributed by atoms with van der Waals surface area (Å²) in [5.41, 5.74) is 9.51. The van der Waals surface area contributed by atoms with Gasteiger partial charge in [-0.3, -0.25) is 4.79 Å². The molecular formula is C25H37FN10O. The SMILES string of the molecule is CCC[C@H](CF)Nc1nc(N)c2ncc(Cc3cnc(N4CCN(C(=O)CN(C)C)CC4)c(C)c3)n2n1. The quantitative estimate of drug-likeness (QED) is 0.419. The lowest BCUT2D eigenvalue weighted by Crippen LogP contribution is -2.51. The standard InChI is InChI=1S/C25H37FN10O/c1-5-6-19(13-26)30-25-31-22(27)24-29-15-20(36(24)32-25)12-18-11-17(2)23(28-14-18)35-9-7-34(8-10-35)21(37)16-33(3)4/h11,14-15,19H,5-10,12-13,16H2,1-4H3,(H3,27,30,31,32)/t19-/m1/s1. The summed E-state index contributed by atoms with van der Waals surface area (Å²) in [5.74, 6) is 1.62. The van der Waals surface area contributed by atoms with Crippen LogP contribution in [0.1, 0.15) is 36.6 Å². The highest BCUT2D eigenvalue weighted by Crippen LogP contribution is 2.22. The molecule has 200 valence electrons.